The van der Waals surface area contributed by atoms with Gasteiger partial charge in [0.25, 0.3) is 0 Å². The number of hydrogen-bond acceptors (Lipinski definition) is 2. The monoisotopic (exact) mass is 252 g/mol. The first kappa shape index (κ1) is 13.9. The molecule has 1 aliphatic carbocycles. The molecule has 0 radical (unpaired) electrons. The van der Waals surface area contributed by atoms with Crippen LogP contribution in [0.3, 0.4) is 0 Å². The van der Waals surface area contributed by atoms with Crippen molar-refractivity contribution in [1.82, 2.24) is 4.90 Å². The normalized spacial score (nSPS) is 24.3. The molecule has 2 rings (SSSR count). The summed E-state index contributed by atoms with van der Waals surface area (Å²) in [6.45, 7) is 1.80. The van der Waals surface area contributed by atoms with Gasteiger partial charge in [0, 0.05) is 19.0 Å². The van der Waals surface area contributed by atoms with E-state index in [1.807, 2.05) is 0 Å². The van der Waals surface area contributed by atoms with Crippen LogP contribution in [0.1, 0.15) is 64.2 Å². The van der Waals surface area contributed by atoms with Crippen LogP contribution in [0.5, 0.6) is 0 Å². The predicted octanol–water partition coefficient (Wildman–Crippen LogP) is 2.69. The lowest BCUT2D eigenvalue weighted by atomic mass is 9.79. The molecule has 1 unspecified atom stereocenters. The van der Waals surface area contributed by atoms with Crippen molar-refractivity contribution in [1.29, 1.82) is 0 Å². The van der Waals surface area contributed by atoms with E-state index in [0.29, 0.717) is 11.9 Å². The van der Waals surface area contributed by atoms with Crippen LogP contribution >= 0.6 is 0 Å². The molecule has 0 bridgehead atoms. The van der Waals surface area contributed by atoms with Gasteiger partial charge < -0.3 is 10.6 Å². The summed E-state index contributed by atoms with van der Waals surface area (Å²) < 4.78 is 0. The van der Waals surface area contributed by atoms with E-state index < -0.39 is 0 Å². The SMILES string of the molecule is NCCCCCCC(=O)N1CCCC1C1CCC1. The van der Waals surface area contributed by atoms with Crippen molar-refractivity contribution in [2.75, 3.05) is 13.1 Å². The summed E-state index contributed by atoms with van der Waals surface area (Å²) in [4.78, 5) is 14.4. The molecule has 1 amide bonds. The summed E-state index contributed by atoms with van der Waals surface area (Å²) in [6.07, 6.45) is 11.8. The van der Waals surface area contributed by atoms with Gasteiger partial charge in [-0.2, -0.15) is 0 Å². The number of carbonyl (C=O) groups excluding carboxylic acids is 1. The van der Waals surface area contributed by atoms with Crippen molar-refractivity contribution in [3.8, 4) is 0 Å². The van der Waals surface area contributed by atoms with Gasteiger partial charge in [0.05, 0.1) is 0 Å². The quantitative estimate of drug-likeness (QED) is 0.708. The number of likely N-dealkylation sites (tertiary alicyclic amines) is 1. The molecule has 0 aromatic rings. The van der Waals surface area contributed by atoms with E-state index in [0.717, 1.165) is 44.7 Å². The highest BCUT2D eigenvalue weighted by Gasteiger charge is 2.36. The van der Waals surface area contributed by atoms with Crippen LogP contribution in [0, 0.1) is 5.92 Å². The van der Waals surface area contributed by atoms with Crippen molar-refractivity contribution in [2.45, 2.75) is 70.3 Å². The number of nitrogens with zero attached hydrogens (tertiary/aromatic N) is 1. The molecule has 1 saturated carbocycles. The Morgan fingerprint density at radius 2 is 1.83 bits per heavy atom. The van der Waals surface area contributed by atoms with Gasteiger partial charge in [-0.3, -0.25) is 4.79 Å². The molecule has 2 N–H and O–H groups in total. The Balaban J connectivity index is 1.67. The Labute approximate surface area is 111 Å². The van der Waals surface area contributed by atoms with Gasteiger partial charge >= 0.3 is 0 Å². The lowest BCUT2D eigenvalue weighted by Gasteiger charge is -2.37. The lowest BCUT2D eigenvalue weighted by molar-refractivity contribution is -0.133. The van der Waals surface area contributed by atoms with Gasteiger partial charge in [-0.05, 0) is 51.0 Å². The number of unbranched alkanes of at least 4 members (excludes halogenated alkanes) is 3. The van der Waals surface area contributed by atoms with Gasteiger partial charge in [-0.25, -0.2) is 0 Å². The summed E-state index contributed by atoms with van der Waals surface area (Å²) in [5, 5.41) is 0. The third kappa shape index (κ3) is 3.47. The smallest absolute Gasteiger partial charge is 0.222 e. The first-order valence-corrected chi connectivity index (χ1v) is 7.82. The summed E-state index contributed by atoms with van der Waals surface area (Å²) in [5.41, 5.74) is 5.47. The highest BCUT2D eigenvalue weighted by molar-refractivity contribution is 5.76. The van der Waals surface area contributed by atoms with E-state index in [2.05, 4.69) is 4.90 Å². The number of amides is 1. The largest absolute Gasteiger partial charge is 0.339 e. The Bertz CT molecular complexity index is 263. The maximum absolute atomic E-state index is 12.2. The molecule has 0 aromatic heterocycles. The number of nitrogens with two attached hydrogens (primary N) is 1. The van der Waals surface area contributed by atoms with Crippen LogP contribution in [0.4, 0.5) is 0 Å². The second-order valence-corrected chi connectivity index (χ2v) is 5.94. The fourth-order valence-electron chi connectivity index (χ4n) is 3.33. The molecule has 2 fully saturated rings. The highest BCUT2D eigenvalue weighted by Crippen LogP contribution is 2.37. The van der Waals surface area contributed by atoms with Crippen LogP contribution in [0.25, 0.3) is 0 Å². The number of hydrogen-bond donors (Lipinski definition) is 1. The number of carbonyl (C=O) groups is 1. The molecule has 0 spiro atoms. The first-order chi connectivity index (χ1) is 8.83. The third-order valence-electron chi connectivity index (χ3n) is 4.66. The zero-order valence-electron chi connectivity index (χ0n) is 11.6. The average molecular weight is 252 g/mol. The molecule has 104 valence electrons. The molecule has 0 aromatic carbocycles. The molecule has 1 aliphatic heterocycles. The lowest BCUT2D eigenvalue weighted by Crippen LogP contribution is -2.42. The third-order valence-corrected chi connectivity index (χ3v) is 4.66. The summed E-state index contributed by atoms with van der Waals surface area (Å²) in [5.74, 6) is 1.24. The summed E-state index contributed by atoms with van der Waals surface area (Å²) in [7, 11) is 0. The van der Waals surface area contributed by atoms with Crippen LogP contribution in [-0.4, -0.2) is 29.9 Å². The van der Waals surface area contributed by atoms with E-state index in [1.54, 1.807) is 0 Å². The zero-order chi connectivity index (χ0) is 12.8. The van der Waals surface area contributed by atoms with Gasteiger partial charge in [0.15, 0.2) is 0 Å². The van der Waals surface area contributed by atoms with Crippen LogP contribution in [0.2, 0.25) is 0 Å². The minimum Gasteiger partial charge on any atom is -0.339 e. The zero-order valence-corrected chi connectivity index (χ0v) is 11.6. The molecule has 1 saturated heterocycles. The Morgan fingerprint density at radius 3 is 2.50 bits per heavy atom. The van der Waals surface area contributed by atoms with E-state index >= 15 is 0 Å². The molecular weight excluding hydrogens is 224 g/mol. The molecule has 1 heterocycles. The number of rotatable bonds is 7. The topological polar surface area (TPSA) is 46.3 Å². The maximum Gasteiger partial charge on any atom is 0.222 e. The van der Waals surface area contributed by atoms with Crippen molar-refractivity contribution < 1.29 is 4.79 Å². The standard InChI is InChI=1S/C15H28N2O/c16-11-4-2-1-3-10-15(18)17-12-6-9-14(17)13-7-5-8-13/h13-14H,1-12,16H2. The molecule has 3 nitrogen and oxygen atoms in total. The van der Waals surface area contributed by atoms with Crippen molar-refractivity contribution >= 4 is 5.91 Å². The predicted molar refractivity (Wildman–Crippen MR) is 74.2 cm³/mol. The fourth-order valence-corrected chi connectivity index (χ4v) is 3.33. The van der Waals surface area contributed by atoms with E-state index in [-0.39, 0.29) is 0 Å². The van der Waals surface area contributed by atoms with Crippen molar-refractivity contribution in [3.05, 3.63) is 0 Å². The Hall–Kier alpha value is -0.570. The summed E-state index contributed by atoms with van der Waals surface area (Å²) >= 11 is 0. The minimum atomic E-state index is 0.414. The first-order valence-electron chi connectivity index (χ1n) is 7.82. The van der Waals surface area contributed by atoms with E-state index in [4.69, 9.17) is 5.73 Å². The molecule has 1 atom stereocenters. The second-order valence-electron chi connectivity index (χ2n) is 5.94. The van der Waals surface area contributed by atoms with E-state index in [9.17, 15) is 4.79 Å². The van der Waals surface area contributed by atoms with Crippen LogP contribution in [-0.2, 0) is 4.79 Å². The van der Waals surface area contributed by atoms with Gasteiger partial charge in [-0.1, -0.05) is 19.3 Å². The fraction of sp³-hybridized carbons (Fsp3) is 0.933. The van der Waals surface area contributed by atoms with Gasteiger partial charge in [-0.15, -0.1) is 0 Å². The van der Waals surface area contributed by atoms with Crippen molar-refractivity contribution in [2.24, 2.45) is 11.7 Å². The highest BCUT2D eigenvalue weighted by atomic mass is 16.2. The molecule has 18 heavy (non-hydrogen) atoms. The second kappa shape index (κ2) is 7.13. The van der Waals surface area contributed by atoms with Gasteiger partial charge in [0.1, 0.15) is 0 Å². The average Bonchev–Trinajstić information content (AvgIpc) is 2.75. The minimum absolute atomic E-state index is 0.414. The van der Waals surface area contributed by atoms with Crippen LogP contribution < -0.4 is 5.73 Å². The van der Waals surface area contributed by atoms with E-state index in [1.165, 1.54) is 38.5 Å². The van der Waals surface area contributed by atoms with Crippen molar-refractivity contribution in [3.63, 3.8) is 0 Å². The Morgan fingerprint density at radius 1 is 1.06 bits per heavy atom. The summed E-state index contributed by atoms with van der Waals surface area (Å²) in [6, 6.07) is 0.593. The Kier molecular flexibility index (Phi) is 5.48. The molecule has 2 aliphatic rings. The van der Waals surface area contributed by atoms with Gasteiger partial charge in [0.2, 0.25) is 5.91 Å². The molecule has 3 heteroatoms. The maximum atomic E-state index is 12.2. The van der Waals surface area contributed by atoms with Crippen LogP contribution in [0.15, 0.2) is 0 Å². The molecular formula is C15H28N2O.